The van der Waals surface area contributed by atoms with Crippen molar-refractivity contribution in [3.63, 3.8) is 0 Å². The van der Waals surface area contributed by atoms with Crippen LogP contribution in [-0.2, 0) is 12.8 Å². The zero-order valence-corrected chi connectivity index (χ0v) is 14.0. The third kappa shape index (κ3) is 2.74. The maximum Gasteiger partial charge on any atom is 0.271 e. The number of rotatable bonds is 2. The van der Waals surface area contributed by atoms with Crippen molar-refractivity contribution >= 4 is 11.9 Å². The number of nitrogens with zero attached hydrogens (tertiary/aromatic N) is 5. The molecule has 0 spiro atoms. The Morgan fingerprint density at radius 1 is 1.12 bits per heavy atom. The first kappa shape index (κ1) is 15.1. The molecule has 0 saturated carbocycles. The van der Waals surface area contributed by atoms with Crippen LogP contribution in [0.1, 0.15) is 40.3 Å². The highest BCUT2D eigenvalue weighted by atomic mass is 16.2. The van der Waals surface area contributed by atoms with Crippen LogP contribution in [0.2, 0.25) is 0 Å². The second kappa shape index (κ2) is 6.22. The van der Waals surface area contributed by atoms with E-state index >= 15 is 0 Å². The normalized spacial score (nSPS) is 17.7. The number of carbonyl (C=O) groups excluding carboxylic acids is 1. The van der Waals surface area contributed by atoms with Crippen LogP contribution in [0.5, 0.6) is 0 Å². The van der Waals surface area contributed by atoms with Gasteiger partial charge in [-0.05, 0) is 31.7 Å². The van der Waals surface area contributed by atoms with E-state index in [1.54, 1.807) is 6.20 Å². The first-order chi connectivity index (χ1) is 11.7. The molecule has 1 fully saturated rings. The Labute approximate surface area is 141 Å². The second-order valence-electron chi connectivity index (χ2n) is 6.49. The predicted molar refractivity (Wildman–Crippen MR) is 90.1 cm³/mol. The SMILES string of the molecule is Cc1nc(N2CCCC2)nc2c1CCN(C(=O)c1cnc[nH]1)CC2. The molecule has 7 nitrogen and oxygen atoms in total. The highest BCUT2D eigenvalue weighted by Gasteiger charge is 2.24. The summed E-state index contributed by atoms with van der Waals surface area (Å²) in [7, 11) is 0. The molecule has 126 valence electrons. The third-order valence-corrected chi connectivity index (χ3v) is 4.94. The van der Waals surface area contributed by atoms with Crippen molar-refractivity contribution in [1.29, 1.82) is 0 Å². The van der Waals surface area contributed by atoms with Crippen LogP contribution >= 0.6 is 0 Å². The molecule has 24 heavy (non-hydrogen) atoms. The Morgan fingerprint density at radius 3 is 2.67 bits per heavy atom. The number of nitrogens with one attached hydrogen (secondary N) is 1. The molecule has 7 heteroatoms. The molecule has 4 heterocycles. The lowest BCUT2D eigenvalue weighted by Crippen LogP contribution is -2.33. The molecular formula is C17H22N6O. The Hall–Kier alpha value is -2.44. The fourth-order valence-corrected chi connectivity index (χ4v) is 3.58. The van der Waals surface area contributed by atoms with Gasteiger partial charge in [-0.15, -0.1) is 0 Å². The number of anilines is 1. The van der Waals surface area contributed by atoms with Gasteiger partial charge < -0.3 is 14.8 Å². The fraction of sp³-hybridized carbons (Fsp3) is 0.529. The average Bonchev–Trinajstić information content (AvgIpc) is 3.25. The van der Waals surface area contributed by atoms with Gasteiger partial charge in [0.2, 0.25) is 5.95 Å². The number of imidazole rings is 1. The van der Waals surface area contributed by atoms with E-state index in [-0.39, 0.29) is 5.91 Å². The minimum Gasteiger partial charge on any atom is -0.341 e. The van der Waals surface area contributed by atoms with E-state index in [0.717, 1.165) is 43.3 Å². The number of aromatic nitrogens is 4. The summed E-state index contributed by atoms with van der Waals surface area (Å²) >= 11 is 0. The van der Waals surface area contributed by atoms with E-state index < -0.39 is 0 Å². The zero-order chi connectivity index (χ0) is 16.5. The van der Waals surface area contributed by atoms with Crippen molar-refractivity contribution in [2.24, 2.45) is 0 Å². The molecule has 1 N–H and O–H groups in total. The second-order valence-corrected chi connectivity index (χ2v) is 6.49. The lowest BCUT2D eigenvalue weighted by Gasteiger charge is -2.18. The summed E-state index contributed by atoms with van der Waals surface area (Å²) in [5.41, 5.74) is 3.90. The van der Waals surface area contributed by atoms with Crippen LogP contribution in [-0.4, -0.2) is 56.9 Å². The summed E-state index contributed by atoms with van der Waals surface area (Å²) in [6.45, 7) is 5.52. The lowest BCUT2D eigenvalue weighted by atomic mass is 10.1. The summed E-state index contributed by atoms with van der Waals surface area (Å²) < 4.78 is 0. The Kier molecular flexibility index (Phi) is 3.92. The fourth-order valence-electron chi connectivity index (χ4n) is 3.58. The summed E-state index contributed by atoms with van der Waals surface area (Å²) in [6, 6.07) is 0. The number of aromatic amines is 1. The minimum absolute atomic E-state index is 0.00526. The smallest absolute Gasteiger partial charge is 0.271 e. The molecule has 1 amide bonds. The molecule has 0 unspecified atom stereocenters. The molecule has 2 aliphatic rings. The summed E-state index contributed by atoms with van der Waals surface area (Å²) in [5.74, 6) is 0.864. The molecule has 0 radical (unpaired) electrons. The molecule has 0 bridgehead atoms. The molecule has 1 saturated heterocycles. The van der Waals surface area contributed by atoms with Gasteiger partial charge >= 0.3 is 0 Å². The lowest BCUT2D eigenvalue weighted by molar-refractivity contribution is 0.0757. The largest absolute Gasteiger partial charge is 0.341 e. The first-order valence-corrected chi connectivity index (χ1v) is 8.61. The van der Waals surface area contributed by atoms with E-state index in [2.05, 4.69) is 21.8 Å². The zero-order valence-electron chi connectivity index (χ0n) is 14.0. The van der Waals surface area contributed by atoms with Crippen molar-refractivity contribution < 1.29 is 4.79 Å². The quantitative estimate of drug-likeness (QED) is 0.901. The Balaban J connectivity index is 1.56. The maximum absolute atomic E-state index is 12.5. The highest BCUT2D eigenvalue weighted by Crippen LogP contribution is 2.23. The first-order valence-electron chi connectivity index (χ1n) is 8.61. The van der Waals surface area contributed by atoms with Gasteiger partial charge in [-0.2, -0.15) is 0 Å². The summed E-state index contributed by atoms with van der Waals surface area (Å²) in [6.07, 6.45) is 7.13. The number of carbonyl (C=O) groups is 1. The molecule has 0 aromatic carbocycles. The van der Waals surface area contributed by atoms with Crippen LogP contribution in [0.3, 0.4) is 0 Å². The molecule has 4 rings (SSSR count). The van der Waals surface area contributed by atoms with E-state index in [4.69, 9.17) is 9.97 Å². The minimum atomic E-state index is 0.00526. The standard InChI is InChI=1S/C17H22N6O/c1-12-13-4-8-22(16(24)15-10-18-11-19-15)9-5-14(13)21-17(20-12)23-6-2-3-7-23/h10-11H,2-9H2,1H3,(H,18,19). The molecule has 2 aromatic rings. The van der Waals surface area contributed by atoms with Crippen LogP contribution in [0, 0.1) is 6.92 Å². The van der Waals surface area contributed by atoms with Gasteiger partial charge in [-0.3, -0.25) is 4.79 Å². The third-order valence-electron chi connectivity index (χ3n) is 4.94. The van der Waals surface area contributed by atoms with Gasteiger partial charge in [-0.25, -0.2) is 15.0 Å². The van der Waals surface area contributed by atoms with Gasteiger partial charge in [-0.1, -0.05) is 0 Å². The topological polar surface area (TPSA) is 78.0 Å². The van der Waals surface area contributed by atoms with Gasteiger partial charge in [0, 0.05) is 38.3 Å². The van der Waals surface area contributed by atoms with E-state index in [1.165, 1.54) is 24.7 Å². The van der Waals surface area contributed by atoms with Gasteiger partial charge in [0.05, 0.1) is 18.2 Å². The van der Waals surface area contributed by atoms with Gasteiger partial charge in [0.15, 0.2) is 0 Å². The Bertz CT molecular complexity index is 736. The molecule has 0 atom stereocenters. The van der Waals surface area contributed by atoms with Crippen molar-refractivity contribution in [3.8, 4) is 0 Å². The van der Waals surface area contributed by atoms with Crippen LogP contribution < -0.4 is 4.90 Å². The van der Waals surface area contributed by atoms with E-state index in [9.17, 15) is 4.79 Å². The van der Waals surface area contributed by atoms with Crippen LogP contribution in [0.4, 0.5) is 5.95 Å². The number of H-pyrrole nitrogens is 1. The molecule has 2 aromatic heterocycles. The van der Waals surface area contributed by atoms with E-state index in [0.29, 0.717) is 18.8 Å². The highest BCUT2D eigenvalue weighted by molar-refractivity contribution is 5.92. The maximum atomic E-state index is 12.5. The summed E-state index contributed by atoms with van der Waals surface area (Å²) in [5, 5.41) is 0. The van der Waals surface area contributed by atoms with Gasteiger partial charge in [0.25, 0.3) is 5.91 Å². The van der Waals surface area contributed by atoms with Crippen LogP contribution in [0.25, 0.3) is 0 Å². The number of fused-ring (bicyclic) bond motifs is 1. The van der Waals surface area contributed by atoms with Crippen molar-refractivity contribution in [2.75, 3.05) is 31.1 Å². The summed E-state index contributed by atoms with van der Waals surface area (Å²) in [4.78, 5) is 33.1. The van der Waals surface area contributed by atoms with Gasteiger partial charge in [0.1, 0.15) is 5.69 Å². The number of hydrogen-bond donors (Lipinski definition) is 1. The molecule has 0 aliphatic carbocycles. The number of aryl methyl sites for hydroxylation is 1. The number of amides is 1. The molecular weight excluding hydrogens is 304 g/mol. The number of hydrogen-bond acceptors (Lipinski definition) is 5. The average molecular weight is 326 g/mol. The predicted octanol–water partition coefficient (Wildman–Crippen LogP) is 1.35. The van der Waals surface area contributed by atoms with Crippen molar-refractivity contribution in [3.05, 3.63) is 35.2 Å². The van der Waals surface area contributed by atoms with Crippen molar-refractivity contribution in [1.82, 2.24) is 24.8 Å². The van der Waals surface area contributed by atoms with Crippen LogP contribution in [0.15, 0.2) is 12.5 Å². The molecule has 2 aliphatic heterocycles. The Morgan fingerprint density at radius 2 is 1.92 bits per heavy atom. The van der Waals surface area contributed by atoms with E-state index in [1.807, 2.05) is 4.90 Å². The monoisotopic (exact) mass is 326 g/mol. The van der Waals surface area contributed by atoms with Crippen molar-refractivity contribution in [2.45, 2.75) is 32.6 Å².